The van der Waals surface area contributed by atoms with Gasteiger partial charge in [-0.2, -0.15) is 0 Å². The zero-order valence-electron chi connectivity index (χ0n) is 19.9. The average molecular weight is 558 g/mol. The highest BCUT2D eigenvalue weighted by Gasteiger charge is 2.32. The molecule has 2 aliphatic heterocycles. The summed E-state index contributed by atoms with van der Waals surface area (Å²) >= 11 is 5.77. The van der Waals surface area contributed by atoms with Crippen LogP contribution in [0.3, 0.4) is 0 Å². The maximum atomic E-state index is 14.8. The van der Waals surface area contributed by atoms with Gasteiger partial charge in [0.2, 0.25) is 10.0 Å². The van der Waals surface area contributed by atoms with Gasteiger partial charge in [0, 0.05) is 25.2 Å². The molecule has 1 atom stereocenters. The summed E-state index contributed by atoms with van der Waals surface area (Å²) in [5.41, 5.74) is 0.301. The number of sulfonamides is 1. The predicted octanol–water partition coefficient (Wildman–Crippen LogP) is 4.09. The first kappa shape index (κ1) is 27.1. The van der Waals surface area contributed by atoms with Gasteiger partial charge >= 0.3 is 6.09 Å². The Bertz CT molecular complexity index is 1300. The monoisotopic (exact) mass is 557 g/mol. The zero-order chi connectivity index (χ0) is 26.7. The number of benzene rings is 2. The number of anilines is 1. The van der Waals surface area contributed by atoms with E-state index in [2.05, 4.69) is 10.6 Å². The second kappa shape index (κ2) is 11.2. The molecule has 0 unspecified atom stereocenters. The molecule has 2 N–H and O–H groups in total. The Morgan fingerprint density at radius 2 is 1.84 bits per heavy atom. The fourth-order valence-corrected chi connectivity index (χ4v) is 5.41. The van der Waals surface area contributed by atoms with E-state index in [0.29, 0.717) is 25.9 Å². The molecule has 0 radical (unpaired) electrons. The van der Waals surface area contributed by atoms with Crippen molar-refractivity contribution in [1.29, 1.82) is 0 Å². The average Bonchev–Trinajstić information content (AvgIpc) is 2.85. The molecule has 2 aliphatic rings. The van der Waals surface area contributed by atoms with Gasteiger partial charge in [-0.25, -0.2) is 26.3 Å². The Hall–Kier alpha value is -2.96. The van der Waals surface area contributed by atoms with Crippen molar-refractivity contribution in [3.05, 3.63) is 58.1 Å². The van der Waals surface area contributed by atoms with Crippen LogP contribution in [-0.2, 0) is 14.8 Å². The van der Waals surface area contributed by atoms with Crippen LogP contribution in [0.4, 0.5) is 19.3 Å². The van der Waals surface area contributed by atoms with Gasteiger partial charge in [0.05, 0.1) is 41.7 Å². The number of piperidine rings is 1. The van der Waals surface area contributed by atoms with Crippen LogP contribution in [0.2, 0.25) is 5.02 Å². The van der Waals surface area contributed by atoms with Gasteiger partial charge in [-0.05, 0) is 49.1 Å². The lowest BCUT2D eigenvalue weighted by Gasteiger charge is -2.30. The minimum atomic E-state index is -3.25. The maximum absolute atomic E-state index is 14.8. The Morgan fingerprint density at radius 1 is 1.14 bits per heavy atom. The molecular formula is C24H26ClF2N3O6S. The number of hydrogen-bond donors (Lipinski definition) is 2. The molecule has 13 heteroatoms. The number of rotatable bonds is 6. The van der Waals surface area contributed by atoms with E-state index in [-0.39, 0.29) is 53.1 Å². The normalized spacial score (nSPS) is 18.4. The van der Waals surface area contributed by atoms with E-state index in [1.54, 1.807) is 0 Å². The molecule has 200 valence electrons. The Balaban J connectivity index is 1.40. The molecule has 0 bridgehead atoms. The standard InChI is InChI=1S/C24H26ClF2N3O6S/c1-37(33,34)30-9-6-14(7-10-30)13-36-24(32)29-20-8-11-35-22-16(3-5-19(27)21(20)22)23(31)28-15-2-4-18(26)17(25)12-15/h2-5,12,14,20H,6-11,13H2,1H3,(H,28,31)(H,29,32)/t20-/m0/s1. The molecular weight excluding hydrogens is 532 g/mol. The molecule has 9 nitrogen and oxygen atoms in total. The van der Waals surface area contributed by atoms with Crippen molar-refractivity contribution in [3.63, 3.8) is 0 Å². The lowest BCUT2D eigenvalue weighted by Crippen LogP contribution is -2.39. The first-order valence-electron chi connectivity index (χ1n) is 11.6. The highest BCUT2D eigenvalue weighted by atomic mass is 35.5. The zero-order valence-corrected chi connectivity index (χ0v) is 21.5. The van der Waals surface area contributed by atoms with Crippen molar-refractivity contribution in [1.82, 2.24) is 9.62 Å². The third kappa shape index (κ3) is 6.49. The second-order valence-electron chi connectivity index (χ2n) is 8.96. The summed E-state index contributed by atoms with van der Waals surface area (Å²) in [4.78, 5) is 25.4. The molecule has 0 aliphatic carbocycles. The summed E-state index contributed by atoms with van der Waals surface area (Å²) in [6, 6.07) is 5.26. The molecule has 2 aromatic rings. The van der Waals surface area contributed by atoms with E-state index in [4.69, 9.17) is 21.1 Å². The lowest BCUT2D eigenvalue weighted by atomic mass is 9.96. The van der Waals surface area contributed by atoms with Crippen molar-refractivity contribution in [3.8, 4) is 5.75 Å². The van der Waals surface area contributed by atoms with Gasteiger partial charge in [0.15, 0.2) is 0 Å². The summed E-state index contributed by atoms with van der Waals surface area (Å²) in [7, 11) is -3.25. The topological polar surface area (TPSA) is 114 Å². The van der Waals surface area contributed by atoms with Crippen LogP contribution < -0.4 is 15.4 Å². The number of nitrogens with one attached hydrogen (secondary N) is 2. The summed E-state index contributed by atoms with van der Waals surface area (Å²) in [5.74, 6) is -1.91. The number of amides is 2. The molecule has 1 saturated heterocycles. The van der Waals surface area contributed by atoms with Gasteiger partial charge in [-0.1, -0.05) is 11.6 Å². The number of carbonyl (C=O) groups excluding carboxylic acids is 2. The van der Waals surface area contributed by atoms with E-state index in [0.717, 1.165) is 18.4 Å². The predicted molar refractivity (Wildman–Crippen MR) is 132 cm³/mol. The molecule has 4 rings (SSSR count). The van der Waals surface area contributed by atoms with Gasteiger partial charge in [-0.3, -0.25) is 4.79 Å². The van der Waals surface area contributed by atoms with E-state index < -0.39 is 39.7 Å². The molecule has 2 amide bonds. The minimum Gasteiger partial charge on any atom is -0.492 e. The van der Waals surface area contributed by atoms with Gasteiger partial charge in [0.25, 0.3) is 5.91 Å². The third-order valence-corrected chi connectivity index (χ3v) is 7.94. The first-order chi connectivity index (χ1) is 17.5. The maximum Gasteiger partial charge on any atom is 0.407 e. The van der Waals surface area contributed by atoms with E-state index in [1.165, 1.54) is 22.5 Å². The number of ether oxygens (including phenoxy) is 2. The van der Waals surface area contributed by atoms with Crippen LogP contribution >= 0.6 is 11.6 Å². The van der Waals surface area contributed by atoms with Crippen molar-refractivity contribution in [2.24, 2.45) is 5.92 Å². The van der Waals surface area contributed by atoms with Crippen LogP contribution in [0.5, 0.6) is 5.75 Å². The highest BCUT2D eigenvalue weighted by molar-refractivity contribution is 7.88. The van der Waals surface area contributed by atoms with Crippen molar-refractivity contribution < 1.29 is 36.3 Å². The Morgan fingerprint density at radius 3 is 2.51 bits per heavy atom. The summed E-state index contributed by atoms with van der Waals surface area (Å²) in [5, 5.41) is 5.05. The van der Waals surface area contributed by atoms with Crippen LogP contribution in [0, 0.1) is 17.6 Å². The Kier molecular flexibility index (Phi) is 8.20. The summed E-state index contributed by atoms with van der Waals surface area (Å²) in [6.07, 6.45) is 1.79. The van der Waals surface area contributed by atoms with E-state index in [1.807, 2.05) is 0 Å². The van der Waals surface area contributed by atoms with Crippen LogP contribution in [0.1, 0.15) is 41.2 Å². The third-order valence-electron chi connectivity index (χ3n) is 6.35. The van der Waals surface area contributed by atoms with E-state index in [9.17, 15) is 26.8 Å². The van der Waals surface area contributed by atoms with Crippen molar-refractivity contribution in [2.45, 2.75) is 25.3 Å². The fraction of sp³-hybridized carbons (Fsp3) is 0.417. The molecule has 0 saturated carbocycles. The van der Waals surface area contributed by atoms with Crippen LogP contribution in [-0.4, -0.2) is 57.3 Å². The number of carbonyl (C=O) groups is 2. The number of alkyl carbamates (subject to hydrolysis) is 1. The summed E-state index contributed by atoms with van der Waals surface area (Å²) < 4.78 is 63.9. The molecule has 0 aromatic heterocycles. The van der Waals surface area contributed by atoms with Crippen LogP contribution in [0.15, 0.2) is 30.3 Å². The molecule has 2 aromatic carbocycles. The first-order valence-corrected chi connectivity index (χ1v) is 13.9. The number of nitrogens with zero attached hydrogens (tertiary/aromatic N) is 1. The lowest BCUT2D eigenvalue weighted by molar-refractivity contribution is 0.101. The molecule has 1 fully saturated rings. The van der Waals surface area contributed by atoms with Crippen LogP contribution in [0.25, 0.3) is 0 Å². The SMILES string of the molecule is CS(=O)(=O)N1CCC(COC(=O)N[C@H]2CCOc3c(C(=O)Nc4ccc(F)c(Cl)c4)ccc(F)c32)CC1. The van der Waals surface area contributed by atoms with Gasteiger partial charge in [-0.15, -0.1) is 0 Å². The fourth-order valence-electron chi connectivity index (χ4n) is 4.36. The minimum absolute atomic E-state index is 0.00425. The molecule has 0 spiro atoms. The largest absolute Gasteiger partial charge is 0.492 e. The van der Waals surface area contributed by atoms with Crippen molar-refractivity contribution in [2.75, 3.05) is 37.9 Å². The smallest absolute Gasteiger partial charge is 0.407 e. The quantitative estimate of drug-likeness (QED) is 0.553. The van der Waals surface area contributed by atoms with Crippen molar-refractivity contribution >= 4 is 39.3 Å². The number of fused-ring (bicyclic) bond motifs is 1. The molecule has 2 heterocycles. The van der Waals surface area contributed by atoms with E-state index >= 15 is 0 Å². The molecule has 37 heavy (non-hydrogen) atoms. The Labute approximate surface area is 218 Å². The summed E-state index contributed by atoms with van der Waals surface area (Å²) in [6.45, 7) is 0.947. The number of halogens is 3. The van der Waals surface area contributed by atoms with Gasteiger partial charge in [0.1, 0.15) is 17.4 Å². The highest BCUT2D eigenvalue weighted by Crippen LogP contribution is 2.37. The second-order valence-corrected chi connectivity index (χ2v) is 11.3. The van der Waals surface area contributed by atoms with Gasteiger partial charge < -0.3 is 20.1 Å². The number of hydrogen-bond acceptors (Lipinski definition) is 6.